The highest BCUT2D eigenvalue weighted by atomic mass is 16.5. The summed E-state index contributed by atoms with van der Waals surface area (Å²) in [5.41, 5.74) is 0.926. The molecule has 0 radical (unpaired) electrons. The number of methoxy groups -OCH3 is 4. The van der Waals surface area contributed by atoms with Gasteiger partial charge in [0.25, 0.3) is 11.7 Å². The van der Waals surface area contributed by atoms with Gasteiger partial charge >= 0.3 is 0 Å². The average Bonchev–Trinajstić information content (AvgIpc) is 3.10. The average molecular weight is 471 g/mol. The molecule has 0 saturated carbocycles. The van der Waals surface area contributed by atoms with E-state index in [2.05, 4.69) is 0 Å². The molecule has 1 aliphatic rings. The Balaban J connectivity index is 2.23. The van der Waals surface area contributed by atoms with Crippen molar-refractivity contribution in [2.45, 2.75) is 6.04 Å². The molecule has 1 amide bonds. The van der Waals surface area contributed by atoms with Gasteiger partial charge in [-0.2, -0.15) is 0 Å². The van der Waals surface area contributed by atoms with Crippen LogP contribution in [0.2, 0.25) is 0 Å². The van der Waals surface area contributed by atoms with Crippen LogP contribution in [-0.4, -0.2) is 82.2 Å². The number of benzene rings is 2. The lowest BCUT2D eigenvalue weighted by Crippen LogP contribution is -2.35. The largest absolute Gasteiger partial charge is 0.507 e. The molecule has 1 atom stereocenters. The predicted octanol–water partition coefficient (Wildman–Crippen LogP) is 2.70. The fraction of sp³-hybridized carbons (Fsp3) is 0.360. The van der Waals surface area contributed by atoms with E-state index in [1.54, 1.807) is 36.4 Å². The zero-order valence-corrected chi connectivity index (χ0v) is 20.2. The van der Waals surface area contributed by atoms with Crippen molar-refractivity contribution in [2.75, 3.05) is 55.6 Å². The molecule has 0 spiro atoms. The van der Waals surface area contributed by atoms with E-state index in [-0.39, 0.29) is 17.9 Å². The number of nitrogens with zero attached hydrogens (tertiary/aromatic N) is 2. The van der Waals surface area contributed by atoms with Crippen molar-refractivity contribution in [1.82, 2.24) is 9.80 Å². The maximum Gasteiger partial charge on any atom is 0.295 e. The molecular formula is C25H30N2O7. The van der Waals surface area contributed by atoms with Gasteiger partial charge in [0.2, 0.25) is 5.75 Å². The van der Waals surface area contributed by atoms with Crippen molar-refractivity contribution in [3.05, 3.63) is 53.1 Å². The molecule has 0 unspecified atom stereocenters. The fourth-order valence-corrected chi connectivity index (χ4v) is 3.93. The molecule has 1 heterocycles. The second-order valence-corrected chi connectivity index (χ2v) is 7.98. The highest BCUT2D eigenvalue weighted by molar-refractivity contribution is 6.46. The van der Waals surface area contributed by atoms with Gasteiger partial charge in [-0.1, -0.05) is 0 Å². The second kappa shape index (κ2) is 10.5. The van der Waals surface area contributed by atoms with E-state index in [4.69, 9.17) is 18.9 Å². The summed E-state index contributed by atoms with van der Waals surface area (Å²) in [5, 5.41) is 11.2. The van der Waals surface area contributed by atoms with Crippen molar-refractivity contribution in [3.63, 3.8) is 0 Å². The predicted molar refractivity (Wildman–Crippen MR) is 127 cm³/mol. The van der Waals surface area contributed by atoms with Gasteiger partial charge in [0.15, 0.2) is 11.5 Å². The number of amides is 1. The van der Waals surface area contributed by atoms with Crippen LogP contribution in [0.3, 0.4) is 0 Å². The summed E-state index contributed by atoms with van der Waals surface area (Å²) in [6, 6.07) is 9.12. The zero-order chi connectivity index (χ0) is 25.0. The van der Waals surface area contributed by atoms with Crippen molar-refractivity contribution >= 4 is 17.4 Å². The summed E-state index contributed by atoms with van der Waals surface area (Å²) in [6.07, 6.45) is 0. The normalized spacial score (nSPS) is 17.3. The molecule has 1 aliphatic heterocycles. The van der Waals surface area contributed by atoms with Crippen LogP contribution in [0.25, 0.3) is 5.76 Å². The van der Waals surface area contributed by atoms with E-state index in [0.717, 1.165) is 0 Å². The van der Waals surface area contributed by atoms with E-state index < -0.39 is 17.7 Å². The number of likely N-dealkylation sites (N-methyl/N-ethyl adjacent to an activating group) is 1. The molecule has 1 fully saturated rings. The van der Waals surface area contributed by atoms with Gasteiger partial charge in [0.1, 0.15) is 11.5 Å². The third-order valence-corrected chi connectivity index (χ3v) is 5.69. The number of ether oxygens (including phenoxy) is 4. The number of hydrogen-bond acceptors (Lipinski definition) is 8. The number of likely N-dealkylation sites (tertiary alicyclic amines) is 1. The van der Waals surface area contributed by atoms with Crippen LogP contribution in [0.4, 0.5) is 0 Å². The quantitative estimate of drug-likeness (QED) is 0.339. The molecule has 1 saturated heterocycles. The van der Waals surface area contributed by atoms with Crippen LogP contribution in [0.5, 0.6) is 23.0 Å². The van der Waals surface area contributed by atoms with E-state index in [0.29, 0.717) is 40.7 Å². The maximum atomic E-state index is 13.2. The van der Waals surface area contributed by atoms with E-state index in [1.807, 2.05) is 19.0 Å². The lowest BCUT2D eigenvalue weighted by Gasteiger charge is -2.27. The standard InChI is InChI=1S/C25H30N2O7/c1-26(2)11-12-27-21(16-13-18(32-4)24(34-6)19(14-16)33-5)20(23(29)25(27)30)22(28)15-7-9-17(31-3)10-8-15/h7-10,13-14,21,28H,11-12H2,1-6H3/b22-20+/t21-/m0/s1. The summed E-state index contributed by atoms with van der Waals surface area (Å²) in [7, 11) is 9.76. The minimum Gasteiger partial charge on any atom is -0.507 e. The fourth-order valence-electron chi connectivity index (χ4n) is 3.93. The van der Waals surface area contributed by atoms with Crippen LogP contribution >= 0.6 is 0 Å². The maximum absolute atomic E-state index is 13.2. The molecule has 1 N–H and O–H groups in total. The lowest BCUT2D eigenvalue weighted by molar-refractivity contribution is -0.140. The van der Waals surface area contributed by atoms with E-state index in [1.165, 1.54) is 33.3 Å². The van der Waals surface area contributed by atoms with Crippen molar-refractivity contribution in [3.8, 4) is 23.0 Å². The van der Waals surface area contributed by atoms with Gasteiger partial charge in [-0.05, 0) is 56.1 Å². The number of aliphatic hydroxyl groups excluding tert-OH is 1. The number of Topliss-reactive ketones (excluding diaryl/α,β-unsaturated/α-hetero) is 1. The molecular weight excluding hydrogens is 440 g/mol. The van der Waals surface area contributed by atoms with Crippen molar-refractivity contribution in [2.24, 2.45) is 0 Å². The Hall–Kier alpha value is -3.72. The van der Waals surface area contributed by atoms with Gasteiger partial charge in [-0.3, -0.25) is 9.59 Å². The van der Waals surface area contributed by atoms with Crippen LogP contribution in [0.1, 0.15) is 17.2 Å². The Morgan fingerprint density at radius 2 is 1.53 bits per heavy atom. The molecule has 2 aromatic carbocycles. The first-order valence-corrected chi connectivity index (χ1v) is 10.6. The minimum atomic E-state index is -0.851. The van der Waals surface area contributed by atoms with E-state index in [9.17, 15) is 14.7 Å². The van der Waals surface area contributed by atoms with Gasteiger partial charge < -0.3 is 33.9 Å². The number of carbonyl (C=O) groups is 2. The third kappa shape index (κ3) is 4.65. The molecule has 182 valence electrons. The number of aliphatic hydroxyl groups is 1. The highest BCUT2D eigenvalue weighted by Gasteiger charge is 2.46. The molecule has 0 aliphatic carbocycles. The zero-order valence-electron chi connectivity index (χ0n) is 20.2. The van der Waals surface area contributed by atoms with Crippen LogP contribution in [0.15, 0.2) is 42.0 Å². The van der Waals surface area contributed by atoms with Gasteiger partial charge in [0, 0.05) is 18.7 Å². The summed E-state index contributed by atoms with van der Waals surface area (Å²) in [5.74, 6) is 0.0193. The summed E-state index contributed by atoms with van der Waals surface area (Å²) in [6.45, 7) is 0.800. The van der Waals surface area contributed by atoms with Gasteiger partial charge in [0.05, 0.1) is 40.1 Å². The number of ketones is 1. The molecule has 0 aromatic heterocycles. The smallest absolute Gasteiger partial charge is 0.295 e. The first kappa shape index (κ1) is 24.9. The van der Waals surface area contributed by atoms with E-state index >= 15 is 0 Å². The number of carbonyl (C=O) groups excluding carboxylic acids is 2. The molecule has 3 rings (SSSR count). The molecule has 9 nitrogen and oxygen atoms in total. The second-order valence-electron chi connectivity index (χ2n) is 7.98. The Bertz CT molecular complexity index is 1070. The third-order valence-electron chi connectivity index (χ3n) is 5.69. The summed E-state index contributed by atoms with van der Waals surface area (Å²) in [4.78, 5) is 29.6. The van der Waals surface area contributed by atoms with Crippen LogP contribution in [-0.2, 0) is 9.59 Å². The molecule has 0 bridgehead atoms. The molecule has 9 heteroatoms. The van der Waals surface area contributed by atoms with Gasteiger partial charge in [-0.15, -0.1) is 0 Å². The van der Waals surface area contributed by atoms with Crippen molar-refractivity contribution < 1.29 is 33.6 Å². The monoisotopic (exact) mass is 470 g/mol. The Kier molecular flexibility index (Phi) is 7.68. The number of hydrogen-bond donors (Lipinski definition) is 1. The summed E-state index contributed by atoms with van der Waals surface area (Å²) >= 11 is 0. The first-order chi connectivity index (χ1) is 16.3. The Morgan fingerprint density at radius 1 is 0.941 bits per heavy atom. The lowest BCUT2D eigenvalue weighted by atomic mass is 9.94. The molecule has 2 aromatic rings. The minimum absolute atomic E-state index is 0.0109. The first-order valence-electron chi connectivity index (χ1n) is 10.6. The SMILES string of the molecule is COc1ccc(/C(O)=C2\C(=O)C(=O)N(CCN(C)C)[C@H]2c2cc(OC)c(OC)c(OC)c2)cc1. The van der Waals surface area contributed by atoms with Gasteiger partial charge in [-0.25, -0.2) is 0 Å². The Morgan fingerprint density at radius 3 is 2.00 bits per heavy atom. The highest BCUT2D eigenvalue weighted by Crippen LogP contribution is 2.45. The number of rotatable bonds is 9. The van der Waals surface area contributed by atoms with Crippen LogP contribution < -0.4 is 18.9 Å². The summed E-state index contributed by atoms with van der Waals surface area (Å²) < 4.78 is 21.5. The molecule has 34 heavy (non-hydrogen) atoms. The Labute approximate surface area is 199 Å². The van der Waals surface area contributed by atoms with Crippen molar-refractivity contribution in [1.29, 1.82) is 0 Å². The van der Waals surface area contributed by atoms with Crippen LogP contribution in [0, 0.1) is 0 Å². The topological polar surface area (TPSA) is 97.8 Å².